The SMILES string of the molecule is O=C(CSc1ccc(Br)cc1)N[C@@H]1CCCc2ccccc21. The summed E-state index contributed by atoms with van der Waals surface area (Å²) in [5.41, 5.74) is 2.66. The van der Waals surface area contributed by atoms with E-state index in [0.29, 0.717) is 5.75 Å². The maximum absolute atomic E-state index is 12.2. The van der Waals surface area contributed by atoms with Crippen molar-refractivity contribution in [3.8, 4) is 0 Å². The molecule has 1 aliphatic rings. The minimum Gasteiger partial charge on any atom is -0.349 e. The Morgan fingerprint density at radius 2 is 1.95 bits per heavy atom. The van der Waals surface area contributed by atoms with Crippen LogP contribution in [0.1, 0.15) is 30.0 Å². The molecule has 0 fully saturated rings. The number of thioether (sulfide) groups is 1. The van der Waals surface area contributed by atoms with Crippen LogP contribution in [0.3, 0.4) is 0 Å². The summed E-state index contributed by atoms with van der Waals surface area (Å²) >= 11 is 4.99. The Morgan fingerprint density at radius 3 is 2.77 bits per heavy atom. The van der Waals surface area contributed by atoms with Crippen LogP contribution in [0.4, 0.5) is 0 Å². The fourth-order valence-corrected chi connectivity index (χ4v) is 3.79. The molecular weight excluding hydrogens is 358 g/mol. The molecular formula is C18H18BrNOS. The molecule has 0 aliphatic heterocycles. The molecule has 1 amide bonds. The number of amides is 1. The Kier molecular flexibility index (Phi) is 5.21. The summed E-state index contributed by atoms with van der Waals surface area (Å²) in [6.45, 7) is 0. The van der Waals surface area contributed by atoms with E-state index in [2.05, 4.69) is 45.5 Å². The van der Waals surface area contributed by atoms with Gasteiger partial charge in [-0.3, -0.25) is 4.79 Å². The van der Waals surface area contributed by atoms with E-state index in [0.717, 1.165) is 28.6 Å². The van der Waals surface area contributed by atoms with Gasteiger partial charge in [0.15, 0.2) is 0 Å². The molecule has 0 spiro atoms. The molecule has 2 aromatic carbocycles. The molecule has 0 bridgehead atoms. The third kappa shape index (κ3) is 3.93. The minimum atomic E-state index is 0.106. The van der Waals surface area contributed by atoms with Crippen molar-refractivity contribution in [3.63, 3.8) is 0 Å². The first-order chi connectivity index (χ1) is 10.7. The maximum atomic E-state index is 12.2. The first-order valence-electron chi connectivity index (χ1n) is 7.48. The third-order valence-electron chi connectivity index (χ3n) is 3.89. The van der Waals surface area contributed by atoms with Gasteiger partial charge in [0.05, 0.1) is 11.8 Å². The fraction of sp³-hybridized carbons (Fsp3) is 0.278. The van der Waals surface area contributed by atoms with Crippen LogP contribution in [-0.2, 0) is 11.2 Å². The van der Waals surface area contributed by atoms with Crippen molar-refractivity contribution in [3.05, 3.63) is 64.1 Å². The summed E-state index contributed by atoms with van der Waals surface area (Å²) < 4.78 is 1.06. The summed E-state index contributed by atoms with van der Waals surface area (Å²) in [5.74, 6) is 0.565. The highest BCUT2D eigenvalue weighted by molar-refractivity contribution is 9.10. The molecule has 0 aromatic heterocycles. The van der Waals surface area contributed by atoms with Crippen LogP contribution in [0, 0.1) is 0 Å². The topological polar surface area (TPSA) is 29.1 Å². The van der Waals surface area contributed by atoms with Crippen molar-refractivity contribution >= 4 is 33.6 Å². The number of benzene rings is 2. The number of hydrogen-bond donors (Lipinski definition) is 1. The van der Waals surface area contributed by atoms with E-state index in [4.69, 9.17) is 0 Å². The van der Waals surface area contributed by atoms with Crippen LogP contribution >= 0.6 is 27.7 Å². The van der Waals surface area contributed by atoms with Crippen molar-refractivity contribution < 1.29 is 4.79 Å². The zero-order valence-corrected chi connectivity index (χ0v) is 14.6. The van der Waals surface area contributed by atoms with Gasteiger partial charge in [-0.2, -0.15) is 0 Å². The van der Waals surface area contributed by atoms with Crippen LogP contribution in [-0.4, -0.2) is 11.7 Å². The fourth-order valence-electron chi connectivity index (χ4n) is 2.82. The lowest BCUT2D eigenvalue weighted by Gasteiger charge is -2.26. The molecule has 2 nitrogen and oxygen atoms in total. The first kappa shape index (κ1) is 15.6. The van der Waals surface area contributed by atoms with E-state index < -0.39 is 0 Å². The van der Waals surface area contributed by atoms with Crippen LogP contribution in [0.15, 0.2) is 57.9 Å². The van der Waals surface area contributed by atoms with Gasteiger partial charge >= 0.3 is 0 Å². The molecule has 1 N–H and O–H groups in total. The lowest BCUT2D eigenvalue weighted by molar-refractivity contribution is -0.119. The monoisotopic (exact) mass is 375 g/mol. The molecule has 0 saturated carbocycles. The quantitative estimate of drug-likeness (QED) is 0.782. The van der Waals surface area contributed by atoms with Crippen molar-refractivity contribution in [2.75, 3.05) is 5.75 Å². The number of nitrogens with one attached hydrogen (secondary N) is 1. The molecule has 4 heteroatoms. The molecule has 1 atom stereocenters. The standard InChI is InChI=1S/C18H18BrNOS/c19-14-8-10-15(11-9-14)22-12-18(21)20-17-7-3-5-13-4-1-2-6-16(13)17/h1-2,4,6,8-11,17H,3,5,7,12H2,(H,20,21)/t17-/m1/s1. The number of halogens is 1. The van der Waals surface area contributed by atoms with Gasteiger partial charge in [-0.25, -0.2) is 0 Å². The Balaban J connectivity index is 1.57. The van der Waals surface area contributed by atoms with Crippen LogP contribution in [0.2, 0.25) is 0 Å². The second-order valence-electron chi connectivity index (χ2n) is 5.45. The number of aryl methyl sites for hydroxylation is 1. The second-order valence-corrected chi connectivity index (χ2v) is 7.42. The molecule has 0 radical (unpaired) electrons. The molecule has 3 rings (SSSR count). The first-order valence-corrected chi connectivity index (χ1v) is 9.26. The van der Waals surface area contributed by atoms with Gasteiger partial charge in [0.25, 0.3) is 0 Å². The van der Waals surface area contributed by atoms with E-state index in [1.165, 1.54) is 11.1 Å². The van der Waals surface area contributed by atoms with Crippen LogP contribution < -0.4 is 5.32 Å². The van der Waals surface area contributed by atoms with Gasteiger partial charge in [0.2, 0.25) is 5.91 Å². The van der Waals surface area contributed by atoms with Gasteiger partial charge in [0, 0.05) is 9.37 Å². The predicted molar refractivity (Wildman–Crippen MR) is 95.1 cm³/mol. The highest BCUT2D eigenvalue weighted by Gasteiger charge is 2.21. The lowest BCUT2D eigenvalue weighted by atomic mass is 9.88. The Hall–Kier alpha value is -1.26. The van der Waals surface area contributed by atoms with Gasteiger partial charge in [-0.1, -0.05) is 40.2 Å². The number of rotatable bonds is 4. The van der Waals surface area contributed by atoms with E-state index in [-0.39, 0.29) is 11.9 Å². The number of carbonyl (C=O) groups excluding carboxylic acids is 1. The molecule has 114 valence electrons. The predicted octanol–water partition coefficient (Wildman–Crippen LogP) is 4.74. The van der Waals surface area contributed by atoms with Gasteiger partial charge < -0.3 is 5.32 Å². The number of carbonyl (C=O) groups is 1. The summed E-state index contributed by atoms with van der Waals surface area (Å²) in [6.07, 6.45) is 3.30. The van der Waals surface area contributed by atoms with E-state index in [9.17, 15) is 4.79 Å². The highest BCUT2D eigenvalue weighted by Crippen LogP contribution is 2.29. The average Bonchev–Trinajstić information content (AvgIpc) is 2.55. The van der Waals surface area contributed by atoms with Crippen molar-refractivity contribution in [1.82, 2.24) is 5.32 Å². The van der Waals surface area contributed by atoms with Crippen molar-refractivity contribution in [1.29, 1.82) is 0 Å². The van der Waals surface area contributed by atoms with Crippen LogP contribution in [0.5, 0.6) is 0 Å². The summed E-state index contributed by atoms with van der Waals surface area (Å²) in [7, 11) is 0. The Bertz CT molecular complexity index is 656. The Morgan fingerprint density at radius 1 is 1.18 bits per heavy atom. The molecule has 0 heterocycles. The normalized spacial score (nSPS) is 16.9. The molecule has 0 saturated heterocycles. The number of fused-ring (bicyclic) bond motifs is 1. The van der Waals surface area contributed by atoms with Crippen molar-refractivity contribution in [2.24, 2.45) is 0 Å². The summed E-state index contributed by atoms with van der Waals surface area (Å²) in [6, 6.07) is 16.7. The number of hydrogen-bond acceptors (Lipinski definition) is 2. The van der Waals surface area contributed by atoms with Crippen molar-refractivity contribution in [2.45, 2.75) is 30.2 Å². The van der Waals surface area contributed by atoms with E-state index in [1.54, 1.807) is 11.8 Å². The second kappa shape index (κ2) is 7.34. The largest absolute Gasteiger partial charge is 0.349 e. The average molecular weight is 376 g/mol. The van der Waals surface area contributed by atoms with Gasteiger partial charge in [-0.15, -0.1) is 11.8 Å². The molecule has 2 aromatic rings. The van der Waals surface area contributed by atoms with E-state index >= 15 is 0 Å². The van der Waals surface area contributed by atoms with Gasteiger partial charge in [-0.05, 0) is 54.7 Å². The molecule has 0 unspecified atom stereocenters. The van der Waals surface area contributed by atoms with Gasteiger partial charge in [0.1, 0.15) is 0 Å². The lowest BCUT2D eigenvalue weighted by Crippen LogP contribution is -2.32. The van der Waals surface area contributed by atoms with Crippen LogP contribution in [0.25, 0.3) is 0 Å². The molecule has 1 aliphatic carbocycles. The smallest absolute Gasteiger partial charge is 0.230 e. The summed E-state index contributed by atoms with van der Waals surface area (Å²) in [5, 5.41) is 3.19. The highest BCUT2D eigenvalue weighted by atomic mass is 79.9. The molecule has 22 heavy (non-hydrogen) atoms. The zero-order chi connectivity index (χ0) is 15.4. The third-order valence-corrected chi connectivity index (χ3v) is 5.43. The summed E-state index contributed by atoms with van der Waals surface area (Å²) in [4.78, 5) is 13.3. The van der Waals surface area contributed by atoms with E-state index in [1.807, 2.05) is 24.3 Å². The zero-order valence-electron chi connectivity index (χ0n) is 12.2. The minimum absolute atomic E-state index is 0.106. The maximum Gasteiger partial charge on any atom is 0.230 e. The Labute approximate surface area is 143 Å².